The van der Waals surface area contributed by atoms with Crippen LogP contribution >= 0.6 is 27.3 Å². The lowest BCUT2D eigenvalue weighted by molar-refractivity contribution is 0.190. The van der Waals surface area contributed by atoms with E-state index in [1.165, 1.54) is 4.88 Å². The van der Waals surface area contributed by atoms with Crippen molar-refractivity contribution in [3.8, 4) is 0 Å². The van der Waals surface area contributed by atoms with Crippen LogP contribution in [0.1, 0.15) is 15.9 Å². The van der Waals surface area contributed by atoms with Crippen LogP contribution in [0.4, 0.5) is 0 Å². The molecule has 0 aliphatic heterocycles. The number of aliphatic hydroxyl groups is 1. The van der Waals surface area contributed by atoms with Crippen LogP contribution in [0, 0.1) is 6.92 Å². The Morgan fingerprint density at radius 1 is 1.82 bits per heavy atom. The summed E-state index contributed by atoms with van der Waals surface area (Å²) in [5, 5.41) is 9.38. The first kappa shape index (κ1) is 9.19. The third-order valence-electron chi connectivity index (χ3n) is 1.36. The van der Waals surface area contributed by atoms with E-state index < -0.39 is 6.10 Å². The van der Waals surface area contributed by atoms with Gasteiger partial charge in [0.2, 0.25) is 0 Å². The predicted octanol–water partition coefficient (Wildman–Crippen LogP) is 1.81. The van der Waals surface area contributed by atoms with Crippen molar-refractivity contribution in [2.75, 3.05) is 6.54 Å². The van der Waals surface area contributed by atoms with E-state index in [1.807, 2.05) is 13.0 Å². The van der Waals surface area contributed by atoms with Gasteiger partial charge in [0.25, 0.3) is 0 Å². The van der Waals surface area contributed by atoms with Gasteiger partial charge in [-0.3, -0.25) is 0 Å². The van der Waals surface area contributed by atoms with Gasteiger partial charge in [0.15, 0.2) is 0 Å². The SMILES string of the molecule is Cc1cc(Br)c([C@@H](O)CN)s1. The van der Waals surface area contributed by atoms with Gasteiger partial charge in [-0.1, -0.05) is 0 Å². The van der Waals surface area contributed by atoms with Gasteiger partial charge in [0, 0.05) is 20.8 Å². The minimum Gasteiger partial charge on any atom is -0.386 e. The number of hydrogen-bond acceptors (Lipinski definition) is 3. The highest BCUT2D eigenvalue weighted by molar-refractivity contribution is 9.10. The molecule has 62 valence electrons. The first-order valence-corrected chi connectivity index (χ1v) is 4.90. The molecule has 4 heteroatoms. The van der Waals surface area contributed by atoms with Gasteiger partial charge in [-0.15, -0.1) is 11.3 Å². The molecule has 11 heavy (non-hydrogen) atoms. The summed E-state index contributed by atoms with van der Waals surface area (Å²) in [5.74, 6) is 0. The van der Waals surface area contributed by atoms with Gasteiger partial charge >= 0.3 is 0 Å². The summed E-state index contributed by atoms with van der Waals surface area (Å²) in [5.41, 5.74) is 5.32. The van der Waals surface area contributed by atoms with Gasteiger partial charge in [0.1, 0.15) is 6.10 Å². The largest absolute Gasteiger partial charge is 0.386 e. The Kier molecular flexibility index (Phi) is 3.06. The smallest absolute Gasteiger partial charge is 0.101 e. The van der Waals surface area contributed by atoms with Gasteiger partial charge < -0.3 is 10.8 Å². The number of aryl methyl sites for hydroxylation is 1. The average Bonchev–Trinajstić information content (AvgIpc) is 2.28. The van der Waals surface area contributed by atoms with Crippen LogP contribution in [0.5, 0.6) is 0 Å². The molecule has 0 fully saturated rings. The summed E-state index contributed by atoms with van der Waals surface area (Å²) >= 11 is 4.92. The van der Waals surface area contributed by atoms with Crippen molar-refractivity contribution in [1.29, 1.82) is 0 Å². The molecule has 0 spiro atoms. The third kappa shape index (κ3) is 2.02. The minimum atomic E-state index is -0.525. The number of rotatable bonds is 2. The molecular formula is C7H10BrNOS. The molecule has 1 aromatic heterocycles. The molecule has 0 aliphatic rings. The summed E-state index contributed by atoms with van der Waals surface area (Å²) in [4.78, 5) is 2.10. The molecule has 0 bridgehead atoms. The number of halogens is 1. The third-order valence-corrected chi connectivity index (χ3v) is 3.43. The Balaban J connectivity index is 2.93. The maximum Gasteiger partial charge on any atom is 0.101 e. The molecule has 0 unspecified atom stereocenters. The zero-order valence-corrected chi connectivity index (χ0v) is 8.58. The van der Waals surface area contributed by atoms with Crippen LogP contribution < -0.4 is 5.73 Å². The van der Waals surface area contributed by atoms with Crippen LogP contribution in [-0.4, -0.2) is 11.7 Å². The van der Waals surface area contributed by atoms with Crippen molar-refractivity contribution >= 4 is 27.3 Å². The molecule has 0 amide bonds. The maximum atomic E-state index is 9.38. The molecule has 0 saturated carbocycles. The predicted molar refractivity (Wildman–Crippen MR) is 50.8 cm³/mol. The molecule has 1 aromatic rings. The first-order chi connectivity index (χ1) is 5.15. The van der Waals surface area contributed by atoms with E-state index in [4.69, 9.17) is 5.73 Å². The van der Waals surface area contributed by atoms with E-state index in [0.29, 0.717) is 0 Å². The lowest BCUT2D eigenvalue weighted by Crippen LogP contribution is -2.10. The van der Waals surface area contributed by atoms with E-state index in [9.17, 15) is 5.11 Å². The van der Waals surface area contributed by atoms with Crippen LogP contribution in [0.15, 0.2) is 10.5 Å². The van der Waals surface area contributed by atoms with Gasteiger partial charge in [-0.05, 0) is 28.9 Å². The maximum absolute atomic E-state index is 9.38. The van der Waals surface area contributed by atoms with Gasteiger partial charge in [-0.25, -0.2) is 0 Å². The quantitative estimate of drug-likeness (QED) is 0.822. The fourth-order valence-corrected chi connectivity index (χ4v) is 2.75. The highest BCUT2D eigenvalue weighted by Crippen LogP contribution is 2.31. The van der Waals surface area contributed by atoms with E-state index in [2.05, 4.69) is 15.9 Å². The zero-order valence-electron chi connectivity index (χ0n) is 6.17. The van der Waals surface area contributed by atoms with Crippen molar-refractivity contribution in [2.45, 2.75) is 13.0 Å². The number of aliphatic hydroxyl groups excluding tert-OH is 1. The fourth-order valence-electron chi connectivity index (χ4n) is 0.835. The van der Waals surface area contributed by atoms with Crippen LogP contribution in [0.25, 0.3) is 0 Å². The molecule has 1 heterocycles. The summed E-state index contributed by atoms with van der Waals surface area (Å²) < 4.78 is 0.956. The standard InChI is InChI=1S/C7H10BrNOS/c1-4-2-5(8)7(11-4)6(10)3-9/h2,6,10H,3,9H2,1H3/t6-/m0/s1. The van der Waals surface area contributed by atoms with Crippen molar-refractivity contribution in [1.82, 2.24) is 0 Å². The molecule has 1 rings (SSSR count). The Bertz CT molecular complexity index is 249. The van der Waals surface area contributed by atoms with Crippen LogP contribution in [0.2, 0.25) is 0 Å². The summed E-state index contributed by atoms with van der Waals surface area (Å²) in [6.45, 7) is 2.28. The lowest BCUT2D eigenvalue weighted by atomic mass is 10.3. The molecule has 1 atom stereocenters. The molecular weight excluding hydrogens is 226 g/mol. The molecule has 0 aromatic carbocycles. The van der Waals surface area contributed by atoms with E-state index in [1.54, 1.807) is 11.3 Å². The van der Waals surface area contributed by atoms with E-state index in [0.717, 1.165) is 9.35 Å². The Hall–Kier alpha value is 0.1000. The average molecular weight is 236 g/mol. The Labute approximate surface area is 78.2 Å². The second-order valence-electron chi connectivity index (χ2n) is 2.32. The highest BCUT2D eigenvalue weighted by atomic mass is 79.9. The van der Waals surface area contributed by atoms with Crippen LogP contribution in [-0.2, 0) is 0 Å². The Morgan fingerprint density at radius 3 is 2.82 bits per heavy atom. The van der Waals surface area contributed by atoms with Crippen molar-refractivity contribution in [3.05, 3.63) is 20.3 Å². The molecule has 0 saturated heterocycles. The Morgan fingerprint density at radius 2 is 2.45 bits per heavy atom. The van der Waals surface area contributed by atoms with E-state index in [-0.39, 0.29) is 6.54 Å². The zero-order chi connectivity index (χ0) is 8.43. The second kappa shape index (κ2) is 3.67. The fraction of sp³-hybridized carbons (Fsp3) is 0.429. The minimum absolute atomic E-state index is 0.276. The molecule has 3 N–H and O–H groups in total. The number of thiophene rings is 1. The molecule has 0 aliphatic carbocycles. The van der Waals surface area contributed by atoms with Gasteiger partial charge in [-0.2, -0.15) is 0 Å². The lowest BCUT2D eigenvalue weighted by Gasteiger charge is -2.04. The van der Waals surface area contributed by atoms with Crippen molar-refractivity contribution in [3.63, 3.8) is 0 Å². The summed E-state index contributed by atoms with van der Waals surface area (Å²) in [6, 6.07) is 1.98. The second-order valence-corrected chi connectivity index (χ2v) is 4.46. The van der Waals surface area contributed by atoms with Crippen molar-refractivity contribution in [2.24, 2.45) is 5.73 Å². The van der Waals surface area contributed by atoms with Crippen LogP contribution in [0.3, 0.4) is 0 Å². The number of nitrogens with two attached hydrogens (primary N) is 1. The van der Waals surface area contributed by atoms with E-state index >= 15 is 0 Å². The monoisotopic (exact) mass is 235 g/mol. The highest BCUT2D eigenvalue weighted by Gasteiger charge is 2.11. The molecule has 2 nitrogen and oxygen atoms in total. The first-order valence-electron chi connectivity index (χ1n) is 3.29. The summed E-state index contributed by atoms with van der Waals surface area (Å²) in [7, 11) is 0. The topological polar surface area (TPSA) is 46.2 Å². The molecule has 0 radical (unpaired) electrons. The summed E-state index contributed by atoms with van der Waals surface area (Å²) in [6.07, 6.45) is -0.525. The van der Waals surface area contributed by atoms with Crippen molar-refractivity contribution < 1.29 is 5.11 Å². The normalized spacial score (nSPS) is 13.5. The number of hydrogen-bond donors (Lipinski definition) is 2. The van der Waals surface area contributed by atoms with Gasteiger partial charge in [0.05, 0.1) is 0 Å².